The van der Waals surface area contributed by atoms with E-state index < -0.39 is 17.1 Å². The monoisotopic (exact) mass is 345 g/mol. The molecule has 0 amide bonds. The van der Waals surface area contributed by atoms with Crippen LogP contribution < -0.4 is 16.0 Å². The number of aromatic nitrogens is 2. The summed E-state index contributed by atoms with van der Waals surface area (Å²) in [6.07, 6.45) is 3.21. The number of aliphatic imine (C=N–C) groups is 1. The lowest BCUT2D eigenvalue weighted by Gasteiger charge is -2.11. The van der Waals surface area contributed by atoms with Crippen LogP contribution in [0.1, 0.15) is 18.4 Å². The first-order valence-electron chi connectivity index (χ1n) is 7.94. The van der Waals surface area contributed by atoms with Gasteiger partial charge in [0.15, 0.2) is 0 Å². The number of hydrogen-bond acceptors (Lipinski definition) is 6. The highest BCUT2D eigenvalue weighted by Gasteiger charge is 2.16. The Kier molecular flexibility index (Phi) is 4.99. The lowest BCUT2D eigenvalue weighted by molar-refractivity contribution is 0.118. The summed E-state index contributed by atoms with van der Waals surface area (Å²) in [5.74, 6) is 0.0432. The smallest absolute Gasteiger partial charge is 0.335 e. The highest BCUT2D eigenvalue weighted by atomic mass is 16.5. The molecule has 0 unspecified atom stereocenters. The summed E-state index contributed by atoms with van der Waals surface area (Å²) in [5.41, 5.74) is -1.16. The van der Waals surface area contributed by atoms with Crippen LogP contribution in [0.2, 0.25) is 0 Å². The van der Waals surface area contributed by atoms with Gasteiger partial charge in [0.05, 0.1) is 25.4 Å². The first kappa shape index (κ1) is 17.0. The van der Waals surface area contributed by atoms with Crippen molar-refractivity contribution in [2.75, 3.05) is 20.3 Å². The normalized spacial score (nSPS) is 17.2. The van der Waals surface area contributed by atoms with E-state index in [1.54, 1.807) is 24.3 Å². The third-order valence-corrected chi connectivity index (χ3v) is 3.99. The van der Waals surface area contributed by atoms with Gasteiger partial charge in [-0.1, -0.05) is 6.07 Å². The first-order chi connectivity index (χ1) is 12.1. The number of benzene rings is 1. The van der Waals surface area contributed by atoms with E-state index in [2.05, 4.69) is 9.98 Å². The van der Waals surface area contributed by atoms with Gasteiger partial charge in [-0.25, -0.2) is 9.36 Å². The van der Waals surface area contributed by atoms with Crippen molar-refractivity contribution in [1.82, 2.24) is 9.55 Å². The number of nitrogens with zero attached hydrogens (tertiary/aromatic N) is 2. The minimum Gasteiger partial charge on any atom is -0.497 e. The molecule has 8 heteroatoms. The van der Waals surface area contributed by atoms with Crippen LogP contribution >= 0.6 is 0 Å². The van der Waals surface area contributed by atoms with Crippen molar-refractivity contribution in [1.29, 1.82) is 0 Å². The van der Waals surface area contributed by atoms with Gasteiger partial charge in [0, 0.05) is 18.9 Å². The van der Waals surface area contributed by atoms with Crippen molar-refractivity contribution >= 4 is 6.21 Å². The topological polar surface area (TPSA) is 106 Å². The Morgan fingerprint density at radius 2 is 2.32 bits per heavy atom. The van der Waals surface area contributed by atoms with Gasteiger partial charge in [-0.3, -0.25) is 14.8 Å². The zero-order chi connectivity index (χ0) is 17.8. The van der Waals surface area contributed by atoms with Crippen LogP contribution in [0.15, 0.2) is 38.8 Å². The second kappa shape index (κ2) is 7.35. The summed E-state index contributed by atoms with van der Waals surface area (Å²) in [7, 11) is 1.50. The fourth-order valence-corrected chi connectivity index (χ4v) is 2.69. The zero-order valence-electron chi connectivity index (χ0n) is 13.8. The minimum absolute atomic E-state index is 0.0294. The molecule has 0 aliphatic carbocycles. The summed E-state index contributed by atoms with van der Waals surface area (Å²) in [4.78, 5) is 30.5. The predicted molar refractivity (Wildman–Crippen MR) is 92.3 cm³/mol. The summed E-state index contributed by atoms with van der Waals surface area (Å²) in [5, 5.41) is 10.4. The molecule has 1 fully saturated rings. The molecule has 2 aromatic rings. The number of aromatic hydroxyl groups is 1. The van der Waals surface area contributed by atoms with Crippen molar-refractivity contribution in [3.63, 3.8) is 0 Å². The van der Waals surface area contributed by atoms with Gasteiger partial charge in [-0.15, -0.1) is 0 Å². The van der Waals surface area contributed by atoms with Crippen molar-refractivity contribution in [3.05, 3.63) is 50.7 Å². The van der Waals surface area contributed by atoms with Crippen LogP contribution in [0.5, 0.6) is 11.6 Å². The molecule has 3 rings (SSSR count). The van der Waals surface area contributed by atoms with Gasteiger partial charge < -0.3 is 14.6 Å². The number of rotatable bonds is 5. The van der Waals surface area contributed by atoms with Gasteiger partial charge >= 0.3 is 5.69 Å². The molecule has 8 nitrogen and oxygen atoms in total. The fraction of sp³-hybridized carbons (Fsp3) is 0.353. The maximum Gasteiger partial charge on any atom is 0.335 e. The average molecular weight is 345 g/mol. The highest BCUT2D eigenvalue weighted by Crippen LogP contribution is 2.20. The third kappa shape index (κ3) is 3.63. The van der Waals surface area contributed by atoms with Gasteiger partial charge in [0.25, 0.3) is 5.56 Å². The molecule has 1 aromatic carbocycles. The molecule has 25 heavy (non-hydrogen) atoms. The van der Waals surface area contributed by atoms with E-state index in [9.17, 15) is 14.7 Å². The molecular formula is C17H19N3O5. The Morgan fingerprint density at radius 1 is 1.48 bits per heavy atom. The van der Waals surface area contributed by atoms with Gasteiger partial charge in [-0.05, 0) is 25.0 Å². The standard InChI is InChI=1S/C17H19N3O5/c1-24-12-5-2-4-11(8-12)20-16(22)14(15(21)19-17(20)23)10-18-9-13-6-3-7-25-13/h2,4-5,8,10,13,22H,3,6-7,9H2,1H3,(H,19,21,23)/t13-/m0/s1. The Morgan fingerprint density at radius 3 is 3.04 bits per heavy atom. The molecule has 1 aliphatic heterocycles. The summed E-state index contributed by atoms with van der Waals surface area (Å²) >= 11 is 0. The molecule has 2 heterocycles. The molecule has 0 saturated carbocycles. The lowest BCUT2D eigenvalue weighted by Crippen LogP contribution is -2.31. The molecule has 2 N–H and O–H groups in total. The van der Waals surface area contributed by atoms with Crippen molar-refractivity contribution in [3.8, 4) is 17.3 Å². The largest absolute Gasteiger partial charge is 0.497 e. The van der Waals surface area contributed by atoms with E-state index in [1.165, 1.54) is 13.3 Å². The fourth-order valence-electron chi connectivity index (χ4n) is 2.69. The van der Waals surface area contributed by atoms with Crippen LogP contribution in [0, 0.1) is 0 Å². The number of hydrogen-bond donors (Lipinski definition) is 2. The van der Waals surface area contributed by atoms with Gasteiger partial charge in [0.1, 0.15) is 11.3 Å². The number of H-pyrrole nitrogens is 1. The second-order valence-electron chi connectivity index (χ2n) is 5.66. The summed E-state index contributed by atoms with van der Waals surface area (Å²) < 4.78 is 11.6. The SMILES string of the molecule is COc1cccc(-n2c(O)c(C=NC[C@@H]3CCCO3)c(=O)[nH]c2=O)c1. The van der Waals surface area contributed by atoms with Crippen LogP contribution in [0.3, 0.4) is 0 Å². The second-order valence-corrected chi connectivity index (χ2v) is 5.66. The Bertz CT molecular complexity index is 894. The van der Waals surface area contributed by atoms with E-state index in [4.69, 9.17) is 9.47 Å². The van der Waals surface area contributed by atoms with E-state index in [0.29, 0.717) is 24.6 Å². The summed E-state index contributed by atoms with van der Waals surface area (Å²) in [6, 6.07) is 6.58. The van der Waals surface area contributed by atoms with Crippen LogP contribution in [0.4, 0.5) is 0 Å². The lowest BCUT2D eigenvalue weighted by atomic mass is 10.2. The van der Waals surface area contributed by atoms with Gasteiger partial charge in [-0.2, -0.15) is 0 Å². The van der Waals surface area contributed by atoms with Crippen molar-refractivity contribution in [2.45, 2.75) is 18.9 Å². The Hall–Kier alpha value is -2.87. The van der Waals surface area contributed by atoms with Crippen LogP contribution in [-0.2, 0) is 4.74 Å². The molecule has 1 saturated heterocycles. The molecule has 0 bridgehead atoms. The minimum atomic E-state index is -0.743. The predicted octanol–water partition coefficient (Wildman–Crippen LogP) is 0.838. The van der Waals surface area contributed by atoms with Crippen molar-refractivity contribution < 1.29 is 14.6 Å². The van der Waals surface area contributed by atoms with Crippen molar-refractivity contribution in [2.24, 2.45) is 4.99 Å². The molecule has 1 aromatic heterocycles. The molecule has 132 valence electrons. The number of aromatic amines is 1. The summed E-state index contributed by atoms with van der Waals surface area (Å²) in [6.45, 7) is 1.11. The maximum absolute atomic E-state index is 12.1. The van der Waals surface area contributed by atoms with Gasteiger partial charge in [0.2, 0.25) is 5.88 Å². The third-order valence-electron chi connectivity index (χ3n) is 3.99. The quantitative estimate of drug-likeness (QED) is 0.781. The molecular weight excluding hydrogens is 326 g/mol. The van der Waals surface area contributed by atoms with Crippen LogP contribution in [0.25, 0.3) is 5.69 Å². The first-order valence-corrected chi connectivity index (χ1v) is 7.94. The number of nitrogens with one attached hydrogen (secondary N) is 1. The zero-order valence-corrected chi connectivity index (χ0v) is 13.8. The Balaban J connectivity index is 1.98. The number of methoxy groups -OCH3 is 1. The van der Waals surface area contributed by atoms with E-state index in [1.807, 2.05) is 0 Å². The van der Waals surface area contributed by atoms with E-state index >= 15 is 0 Å². The Labute approximate surface area is 143 Å². The molecule has 1 atom stereocenters. The molecule has 0 spiro atoms. The molecule has 1 aliphatic rings. The highest BCUT2D eigenvalue weighted by molar-refractivity contribution is 5.82. The average Bonchev–Trinajstić information content (AvgIpc) is 3.11. The number of ether oxygens (including phenoxy) is 2. The maximum atomic E-state index is 12.1. The molecule has 0 radical (unpaired) electrons. The van der Waals surface area contributed by atoms with E-state index in [-0.39, 0.29) is 11.7 Å². The van der Waals surface area contributed by atoms with E-state index in [0.717, 1.165) is 17.4 Å². The van der Waals surface area contributed by atoms with Crippen LogP contribution in [-0.4, -0.2) is 47.2 Å².